The van der Waals surface area contributed by atoms with Crippen LogP contribution in [0.3, 0.4) is 0 Å². The van der Waals surface area contributed by atoms with Crippen molar-refractivity contribution < 1.29 is 14.8 Å². The molecule has 114 valence electrons. The quantitative estimate of drug-likeness (QED) is 0.675. The summed E-state index contributed by atoms with van der Waals surface area (Å²) < 4.78 is 0. The summed E-state index contributed by atoms with van der Waals surface area (Å²) >= 11 is 0. The Balaban J connectivity index is 2.51. The highest BCUT2D eigenvalue weighted by Crippen LogP contribution is 2.34. The first-order chi connectivity index (χ1) is 9.82. The summed E-state index contributed by atoms with van der Waals surface area (Å²) in [5.41, 5.74) is 0.0359. The zero-order valence-corrected chi connectivity index (χ0v) is 12.3. The van der Waals surface area contributed by atoms with Crippen LogP contribution < -0.4 is 4.90 Å². The van der Waals surface area contributed by atoms with Crippen LogP contribution in [-0.2, 0) is 0 Å². The summed E-state index contributed by atoms with van der Waals surface area (Å²) in [6.07, 6.45) is 0. The lowest BCUT2D eigenvalue weighted by atomic mass is 10.0. The third-order valence-electron chi connectivity index (χ3n) is 4.12. The van der Waals surface area contributed by atoms with Gasteiger partial charge in [0.1, 0.15) is 5.69 Å². The molecule has 1 heterocycles. The molecule has 0 radical (unpaired) electrons. The smallest absolute Gasteiger partial charge is 0.338 e. The zero-order chi connectivity index (χ0) is 15.7. The molecule has 7 heteroatoms. The van der Waals surface area contributed by atoms with Gasteiger partial charge in [-0.25, -0.2) is 4.79 Å². The summed E-state index contributed by atoms with van der Waals surface area (Å²) in [6.45, 7) is 5.17. The number of carboxylic acids is 1. The number of rotatable bonds is 3. The fourth-order valence-electron chi connectivity index (χ4n) is 2.77. The molecule has 0 amide bonds. The normalized spacial score (nSPS) is 23.1. The molecule has 2 unspecified atom stereocenters. The molecule has 0 aliphatic carbocycles. The highest BCUT2D eigenvalue weighted by molar-refractivity contribution is 5.97. The van der Waals surface area contributed by atoms with Gasteiger partial charge >= 0.3 is 5.97 Å². The molecule has 7 nitrogen and oxygen atoms in total. The Hall–Kier alpha value is -2.15. The number of nitrogens with zero attached hydrogens (tertiary/aromatic N) is 3. The van der Waals surface area contributed by atoms with Crippen LogP contribution in [0.25, 0.3) is 0 Å². The molecule has 0 bridgehead atoms. The summed E-state index contributed by atoms with van der Waals surface area (Å²) in [5.74, 6) is -1.15. The largest absolute Gasteiger partial charge is 0.478 e. The molecule has 1 aliphatic heterocycles. The highest BCUT2D eigenvalue weighted by atomic mass is 16.6. The molecule has 1 fully saturated rings. The van der Waals surface area contributed by atoms with E-state index in [0.717, 1.165) is 0 Å². The lowest BCUT2D eigenvalue weighted by Gasteiger charge is -2.43. The minimum atomic E-state index is -1.15. The van der Waals surface area contributed by atoms with Crippen molar-refractivity contribution in [3.63, 3.8) is 0 Å². The van der Waals surface area contributed by atoms with Crippen LogP contribution in [0, 0.1) is 10.1 Å². The second kappa shape index (κ2) is 5.69. The van der Waals surface area contributed by atoms with Crippen molar-refractivity contribution in [2.75, 3.05) is 25.0 Å². The van der Waals surface area contributed by atoms with E-state index in [1.54, 1.807) is 0 Å². The maximum Gasteiger partial charge on any atom is 0.338 e. The van der Waals surface area contributed by atoms with Gasteiger partial charge in [-0.3, -0.25) is 15.0 Å². The van der Waals surface area contributed by atoms with Gasteiger partial charge in [0.25, 0.3) is 5.69 Å². The number of hydrogen-bond donors (Lipinski definition) is 1. The Kier molecular flexibility index (Phi) is 4.13. The minimum Gasteiger partial charge on any atom is -0.478 e. The number of nitro groups is 1. The molecule has 0 spiro atoms. The van der Waals surface area contributed by atoms with Crippen molar-refractivity contribution in [1.82, 2.24) is 4.90 Å². The first kappa shape index (κ1) is 15.2. The van der Waals surface area contributed by atoms with E-state index >= 15 is 0 Å². The lowest BCUT2D eigenvalue weighted by Crippen LogP contribution is -2.55. The van der Waals surface area contributed by atoms with Crippen LogP contribution in [0.2, 0.25) is 0 Å². The Bertz CT molecular complexity index is 531. The summed E-state index contributed by atoms with van der Waals surface area (Å²) in [5, 5.41) is 20.6. The number of carbonyl (C=O) groups is 1. The molecule has 21 heavy (non-hydrogen) atoms. The Morgan fingerprint density at radius 3 is 2.38 bits per heavy atom. The molecule has 2 atom stereocenters. The number of anilines is 1. The number of carboxylic acid groups (broad SMARTS) is 1. The van der Waals surface area contributed by atoms with Crippen LogP contribution in [0.4, 0.5) is 11.4 Å². The van der Waals surface area contributed by atoms with Gasteiger partial charge in [0, 0.05) is 31.2 Å². The number of para-hydroxylation sites is 1. The molecule has 0 saturated carbocycles. The third-order valence-corrected chi connectivity index (χ3v) is 4.12. The Morgan fingerprint density at radius 2 is 1.90 bits per heavy atom. The van der Waals surface area contributed by atoms with E-state index in [2.05, 4.69) is 4.90 Å². The SMILES string of the molecule is CC1CN(c2c(C(=O)O)cccc2[N+](=O)[O-])CC(C)N1C. The third kappa shape index (κ3) is 2.82. The first-order valence-electron chi connectivity index (χ1n) is 6.80. The zero-order valence-electron chi connectivity index (χ0n) is 12.3. The number of likely N-dealkylation sites (N-methyl/N-ethyl adjacent to an activating group) is 1. The molecule has 1 aromatic rings. The van der Waals surface area contributed by atoms with Crippen molar-refractivity contribution in [3.8, 4) is 0 Å². The van der Waals surface area contributed by atoms with E-state index in [1.165, 1.54) is 18.2 Å². The van der Waals surface area contributed by atoms with Crippen LogP contribution in [0.5, 0.6) is 0 Å². The molecule has 1 saturated heterocycles. The monoisotopic (exact) mass is 293 g/mol. The van der Waals surface area contributed by atoms with E-state index in [4.69, 9.17) is 0 Å². The van der Waals surface area contributed by atoms with Crippen LogP contribution in [0.15, 0.2) is 18.2 Å². The van der Waals surface area contributed by atoms with Crippen LogP contribution in [-0.4, -0.2) is 53.1 Å². The fourth-order valence-corrected chi connectivity index (χ4v) is 2.77. The Morgan fingerprint density at radius 1 is 1.33 bits per heavy atom. The average molecular weight is 293 g/mol. The number of aromatic carboxylic acids is 1. The molecule has 1 aromatic carbocycles. The molecule has 1 N–H and O–H groups in total. The van der Waals surface area contributed by atoms with Crippen molar-refractivity contribution in [2.45, 2.75) is 25.9 Å². The standard InChI is InChI=1S/C14H19N3O4/c1-9-7-16(8-10(2)15(9)3)13-11(14(18)19)5-4-6-12(13)17(20)21/h4-6,9-10H,7-8H2,1-3H3,(H,18,19). The molecule has 2 rings (SSSR count). The maximum atomic E-state index is 11.4. The molecule has 0 aromatic heterocycles. The topological polar surface area (TPSA) is 86.9 Å². The number of nitro benzene ring substituents is 1. The second-order valence-electron chi connectivity index (χ2n) is 5.50. The van der Waals surface area contributed by atoms with Gasteiger partial charge in [-0.1, -0.05) is 6.07 Å². The van der Waals surface area contributed by atoms with E-state index < -0.39 is 10.9 Å². The second-order valence-corrected chi connectivity index (χ2v) is 5.50. The van der Waals surface area contributed by atoms with Gasteiger partial charge in [-0.15, -0.1) is 0 Å². The predicted molar refractivity (Wildman–Crippen MR) is 79.0 cm³/mol. The molecular weight excluding hydrogens is 274 g/mol. The molecule has 1 aliphatic rings. The first-order valence-corrected chi connectivity index (χ1v) is 6.80. The van der Waals surface area contributed by atoms with Gasteiger partial charge < -0.3 is 10.0 Å². The van der Waals surface area contributed by atoms with Gasteiger partial charge in [0.15, 0.2) is 0 Å². The van der Waals surface area contributed by atoms with Gasteiger partial charge in [-0.2, -0.15) is 0 Å². The summed E-state index contributed by atoms with van der Waals surface area (Å²) in [4.78, 5) is 26.1. The van der Waals surface area contributed by atoms with Crippen molar-refractivity contribution in [1.29, 1.82) is 0 Å². The number of hydrogen-bond acceptors (Lipinski definition) is 5. The average Bonchev–Trinajstić information content (AvgIpc) is 2.43. The van der Waals surface area contributed by atoms with E-state index in [9.17, 15) is 20.0 Å². The Labute approximate surface area is 122 Å². The number of benzene rings is 1. The predicted octanol–water partition coefficient (Wildman–Crippen LogP) is 1.82. The van der Waals surface area contributed by atoms with Gasteiger partial charge in [0.2, 0.25) is 0 Å². The highest BCUT2D eigenvalue weighted by Gasteiger charge is 2.33. The van der Waals surface area contributed by atoms with E-state index in [-0.39, 0.29) is 29.0 Å². The maximum absolute atomic E-state index is 11.4. The summed E-state index contributed by atoms with van der Waals surface area (Å²) in [7, 11) is 2.00. The van der Waals surface area contributed by atoms with Crippen LogP contribution in [0.1, 0.15) is 24.2 Å². The van der Waals surface area contributed by atoms with Crippen LogP contribution >= 0.6 is 0 Å². The van der Waals surface area contributed by atoms with E-state index in [1.807, 2.05) is 25.8 Å². The number of piperazine rings is 1. The van der Waals surface area contributed by atoms with Gasteiger partial charge in [0.05, 0.1) is 10.5 Å². The van der Waals surface area contributed by atoms with Gasteiger partial charge in [-0.05, 0) is 27.0 Å². The van der Waals surface area contributed by atoms with Crippen molar-refractivity contribution >= 4 is 17.3 Å². The fraction of sp³-hybridized carbons (Fsp3) is 0.500. The van der Waals surface area contributed by atoms with E-state index in [0.29, 0.717) is 13.1 Å². The van der Waals surface area contributed by atoms with Crippen molar-refractivity contribution in [3.05, 3.63) is 33.9 Å². The van der Waals surface area contributed by atoms with Crippen molar-refractivity contribution in [2.24, 2.45) is 0 Å². The lowest BCUT2D eigenvalue weighted by molar-refractivity contribution is -0.384. The summed E-state index contributed by atoms with van der Waals surface area (Å²) in [6, 6.07) is 4.56. The molecular formula is C14H19N3O4. The minimum absolute atomic E-state index is 0.0202.